The zero-order valence-corrected chi connectivity index (χ0v) is 33.8. The zero-order valence-electron chi connectivity index (χ0n) is 33.8. The minimum Gasteiger partial charge on any atom is -0.465 e. The number of rotatable bonds is 3. The van der Waals surface area contributed by atoms with Crippen molar-refractivity contribution in [1.29, 1.82) is 0 Å². The molecule has 1 amide bonds. The highest BCUT2D eigenvalue weighted by molar-refractivity contribution is 5.82. The molecule has 0 unspecified atom stereocenters. The lowest BCUT2D eigenvalue weighted by Crippen LogP contribution is -2.46. The molecule has 1 aliphatic carbocycles. The van der Waals surface area contributed by atoms with Gasteiger partial charge >= 0.3 is 17.9 Å². The number of esters is 3. The van der Waals surface area contributed by atoms with Crippen LogP contribution in [0.15, 0.2) is 0 Å². The minimum absolute atomic E-state index is 0.00766. The van der Waals surface area contributed by atoms with Crippen LogP contribution in [0.1, 0.15) is 171 Å². The van der Waals surface area contributed by atoms with Gasteiger partial charge in [0.15, 0.2) is 0 Å². The van der Waals surface area contributed by atoms with Gasteiger partial charge in [0.05, 0.1) is 29.0 Å². The SMILES string of the molecule is CC(C)(C)C(=O)OC1CCCCC1.CC(C)(C)COC(=O)C(C)(C)C.CC(C)(C)NC(=O)C(C)(C)C.CC(C)OC(=O)C(C)(C)C. The Balaban J connectivity index is -0.000000539. The molecule has 0 spiro atoms. The van der Waals surface area contributed by atoms with Gasteiger partial charge in [0.25, 0.3) is 0 Å². The predicted molar refractivity (Wildman–Crippen MR) is 190 cm³/mol. The Morgan fingerprint density at radius 1 is 0.587 bits per heavy atom. The average molecular weight is 658 g/mol. The van der Waals surface area contributed by atoms with Gasteiger partial charge in [-0.05, 0) is 128 Å². The van der Waals surface area contributed by atoms with Crippen LogP contribution in [0.25, 0.3) is 0 Å². The maximum absolute atomic E-state index is 11.5. The normalized spacial score (nSPS) is 14.6. The van der Waals surface area contributed by atoms with E-state index < -0.39 is 0 Å². The van der Waals surface area contributed by atoms with Crippen molar-refractivity contribution in [2.75, 3.05) is 6.61 Å². The maximum atomic E-state index is 11.5. The molecule has 1 rings (SSSR count). The summed E-state index contributed by atoms with van der Waals surface area (Å²) in [5.74, 6) is -0.218. The quantitative estimate of drug-likeness (QED) is 0.238. The lowest BCUT2D eigenvalue weighted by Gasteiger charge is -2.26. The predicted octanol–water partition coefficient (Wildman–Crippen LogP) is 9.46. The number of hydrogen-bond acceptors (Lipinski definition) is 7. The molecular formula is C38H75NO7. The Morgan fingerprint density at radius 2 is 0.978 bits per heavy atom. The number of amides is 1. The van der Waals surface area contributed by atoms with E-state index in [4.69, 9.17) is 14.2 Å². The summed E-state index contributed by atoms with van der Waals surface area (Å²) in [6, 6.07) is 0. The molecule has 0 heterocycles. The van der Waals surface area contributed by atoms with E-state index in [1.807, 2.05) is 138 Å². The summed E-state index contributed by atoms with van der Waals surface area (Å²) < 4.78 is 15.5. The lowest BCUT2D eigenvalue weighted by molar-refractivity contribution is -0.160. The van der Waals surface area contributed by atoms with E-state index in [0.29, 0.717) is 6.61 Å². The summed E-state index contributed by atoms with van der Waals surface area (Å²) >= 11 is 0. The second-order valence-corrected chi connectivity index (χ2v) is 19.0. The molecule has 1 saturated carbocycles. The Morgan fingerprint density at radius 3 is 1.22 bits per heavy atom. The highest BCUT2D eigenvalue weighted by atomic mass is 16.5. The summed E-state index contributed by atoms with van der Waals surface area (Å²) in [7, 11) is 0. The summed E-state index contributed by atoms with van der Waals surface area (Å²) in [5, 5.41) is 2.92. The number of carbonyl (C=O) groups is 4. The first-order valence-electron chi connectivity index (χ1n) is 17.0. The molecule has 1 N–H and O–H groups in total. The average Bonchev–Trinajstić information content (AvgIpc) is 2.80. The maximum Gasteiger partial charge on any atom is 0.311 e. The molecule has 0 atom stereocenters. The van der Waals surface area contributed by atoms with Gasteiger partial charge < -0.3 is 19.5 Å². The molecule has 0 aromatic rings. The van der Waals surface area contributed by atoms with E-state index in [1.165, 1.54) is 19.3 Å². The molecule has 46 heavy (non-hydrogen) atoms. The van der Waals surface area contributed by atoms with E-state index >= 15 is 0 Å². The fourth-order valence-electron chi connectivity index (χ4n) is 2.93. The van der Waals surface area contributed by atoms with E-state index in [0.717, 1.165) is 12.8 Å². The third-order valence-corrected chi connectivity index (χ3v) is 5.81. The van der Waals surface area contributed by atoms with Crippen molar-refractivity contribution in [2.24, 2.45) is 27.1 Å². The Kier molecular flexibility index (Phi) is 20.6. The van der Waals surface area contributed by atoms with Gasteiger partial charge in [0.2, 0.25) is 5.91 Å². The van der Waals surface area contributed by atoms with Gasteiger partial charge in [-0.1, -0.05) is 48.0 Å². The van der Waals surface area contributed by atoms with Crippen molar-refractivity contribution in [3.8, 4) is 0 Å². The molecular weight excluding hydrogens is 582 g/mol. The van der Waals surface area contributed by atoms with Gasteiger partial charge in [0, 0.05) is 11.0 Å². The van der Waals surface area contributed by atoms with Crippen LogP contribution in [0.4, 0.5) is 0 Å². The molecule has 0 aliphatic heterocycles. The third kappa shape index (κ3) is 29.3. The van der Waals surface area contributed by atoms with E-state index in [2.05, 4.69) is 5.32 Å². The highest BCUT2D eigenvalue weighted by Crippen LogP contribution is 2.24. The van der Waals surface area contributed by atoms with Gasteiger partial charge in [-0.15, -0.1) is 0 Å². The molecule has 274 valence electrons. The molecule has 0 bridgehead atoms. The van der Waals surface area contributed by atoms with Crippen molar-refractivity contribution in [1.82, 2.24) is 5.32 Å². The highest BCUT2D eigenvalue weighted by Gasteiger charge is 2.28. The number of carbonyl (C=O) groups excluding carboxylic acids is 4. The van der Waals surface area contributed by atoms with Crippen molar-refractivity contribution in [3.05, 3.63) is 0 Å². The van der Waals surface area contributed by atoms with Crippen molar-refractivity contribution in [2.45, 2.75) is 188 Å². The first-order chi connectivity index (χ1) is 20.1. The van der Waals surface area contributed by atoms with Crippen LogP contribution in [-0.4, -0.2) is 48.2 Å². The van der Waals surface area contributed by atoms with Gasteiger partial charge in [0.1, 0.15) is 6.10 Å². The van der Waals surface area contributed by atoms with E-state index in [-0.39, 0.29) is 68.6 Å². The van der Waals surface area contributed by atoms with Crippen LogP contribution >= 0.6 is 0 Å². The van der Waals surface area contributed by atoms with Crippen LogP contribution in [0.5, 0.6) is 0 Å². The molecule has 0 aromatic heterocycles. The van der Waals surface area contributed by atoms with Crippen LogP contribution in [-0.2, 0) is 33.4 Å². The van der Waals surface area contributed by atoms with Gasteiger partial charge in [-0.3, -0.25) is 19.2 Å². The van der Waals surface area contributed by atoms with E-state index in [1.54, 1.807) is 0 Å². The topological polar surface area (TPSA) is 108 Å². The number of nitrogens with one attached hydrogen (secondary N) is 1. The fraction of sp³-hybridized carbons (Fsp3) is 0.895. The molecule has 8 heteroatoms. The van der Waals surface area contributed by atoms with Gasteiger partial charge in [-0.25, -0.2) is 0 Å². The molecule has 1 fully saturated rings. The molecule has 0 saturated heterocycles. The smallest absolute Gasteiger partial charge is 0.311 e. The second-order valence-electron chi connectivity index (χ2n) is 19.0. The van der Waals surface area contributed by atoms with Crippen molar-refractivity contribution >= 4 is 23.8 Å². The molecule has 1 aliphatic rings. The summed E-state index contributed by atoms with van der Waals surface area (Å²) in [5.41, 5.74) is -1.45. The summed E-state index contributed by atoms with van der Waals surface area (Å²) in [6.45, 7) is 38.8. The molecule has 0 aromatic carbocycles. The molecule has 8 nitrogen and oxygen atoms in total. The summed E-state index contributed by atoms with van der Waals surface area (Å²) in [6.07, 6.45) is 6.02. The minimum atomic E-state index is -0.384. The Hall–Kier alpha value is -2.12. The lowest BCUT2D eigenvalue weighted by atomic mass is 9.94. The number of ether oxygens (including phenoxy) is 3. The second kappa shape index (κ2) is 19.6. The van der Waals surface area contributed by atoms with Crippen molar-refractivity contribution in [3.63, 3.8) is 0 Å². The van der Waals surface area contributed by atoms with Gasteiger partial charge in [-0.2, -0.15) is 0 Å². The first-order valence-corrected chi connectivity index (χ1v) is 17.0. The molecule has 0 radical (unpaired) electrons. The van der Waals surface area contributed by atoms with Crippen LogP contribution < -0.4 is 5.32 Å². The van der Waals surface area contributed by atoms with Crippen LogP contribution in [0.3, 0.4) is 0 Å². The van der Waals surface area contributed by atoms with E-state index in [9.17, 15) is 19.2 Å². The van der Waals surface area contributed by atoms with Crippen LogP contribution in [0.2, 0.25) is 0 Å². The zero-order chi connectivity index (χ0) is 37.5. The monoisotopic (exact) mass is 658 g/mol. The largest absolute Gasteiger partial charge is 0.465 e. The number of hydrogen-bond donors (Lipinski definition) is 1. The third-order valence-electron chi connectivity index (χ3n) is 5.81. The van der Waals surface area contributed by atoms with Crippen LogP contribution in [0, 0.1) is 27.1 Å². The first kappa shape index (κ1) is 48.3. The fourth-order valence-corrected chi connectivity index (χ4v) is 2.93. The summed E-state index contributed by atoms with van der Waals surface area (Å²) in [4.78, 5) is 45.2. The standard InChI is InChI=1S/C11H20O2.C10H20O2.C9H19NO.C8H16O2/c1-11(2,3)10(12)13-9-7-5-4-6-8-9;1-9(2,3)7-12-8(11)10(4,5)6;1-8(2,3)7(11)10-9(4,5)6;1-6(2)10-7(9)8(3,4)5/h9H,4-8H2,1-3H3;7H2,1-6H3;1-6H3,(H,10,11);6H,1-5H3. The Labute approximate surface area is 284 Å². The Bertz CT molecular complexity index is 904. The van der Waals surface area contributed by atoms with Crippen molar-refractivity contribution < 1.29 is 33.4 Å².